The number of aliphatic carboxylic acids is 1. The van der Waals surface area contributed by atoms with Crippen LogP contribution in [0.2, 0.25) is 0 Å². The van der Waals surface area contributed by atoms with Gasteiger partial charge in [-0.05, 0) is 5.92 Å². The molecule has 7 heteroatoms. The topological polar surface area (TPSA) is 104 Å². The Balaban J connectivity index is 2.31. The molecule has 18 heavy (non-hydrogen) atoms. The van der Waals surface area contributed by atoms with E-state index < -0.39 is 12.0 Å². The van der Waals surface area contributed by atoms with Gasteiger partial charge in [-0.3, -0.25) is 0 Å². The van der Waals surface area contributed by atoms with Crippen LogP contribution in [0.3, 0.4) is 0 Å². The van der Waals surface area contributed by atoms with Gasteiger partial charge in [0.15, 0.2) is 11.5 Å². The molecule has 2 rings (SSSR count). The molecule has 2 aromatic rings. The number of aromatic amines is 1. The van der Waals surface area contributed by atoms with E-state index in [2.05, 4.69) is 25.3 Å². The van der Waals surface area contributed by atoms with E-state index in [4.69, 9.17) is 0 Å². The average molecular weight is 249 g/mol. The van der Waals surface area contributed by atoms with Crippen molar-refractivity contribution in [2.45, 2.75) is 26.3 Å². The monoisotopic (exact) mass is 249 g/mol. The Labute approximate surface area is 104 Å². The molecule has 96 valence electrons. The molecule has 0 spiro atoms. The second-order valence-electron chi connectivity index (χ2n) is 4.17. The number of nitrogens with zero attached hydrogens (tertiary/aromatic N) is 3. The van der Waals surface area contributed by atoms with Crippen LogP contribution in [0.1, 0.15) is 20.3 Å². The minimum Gasteiger partial charge on any atom is -0.480 e. The minimum absolute atomic E-state index is 0.00423. The minimum atomic E-state index is -0.893. The van der Waals surface area contributed by atoms with Gasteiger partial charge in [0.05, 0.1) is 6.33 Å². The molecule has 3 N–H and O–H groups in total. The van der Waals surface area contributed by atoms with Gasteiger partial charge in [-0.25, -0.2) is 19.7 Å². The number of H-pyrrole nitrogens is 1. The van der Waals surface area contributed by atoms with Gasteiger partial charge in [-0.1, -0.05) is 20.3 Å². The highest BCUT2D eigenvalue weighted by atomic mass is 16.4. The van der Waals surface area contributed by atoms with Gasteiger partial charge < -0.3 is 15.4 Å². The van der Waals surface area contributed by atoms with Crippen molar-refractivity contribution < 1.29 is 9.90 Å². The highest BCUT2D eigenvalue weighted by Gasteiger charge is 2.24. The summed E-state index contributed by atoms with van der Waals surface area (Å²) < 4.78 is 0. The van der Waals surface area contributed by atoms with Gasteiger partial charge >= 0.3 is 5.97 Å². The highest BCUT2D eigenvalue weighted by Crippen LogP contribution is 2.19. The second kappa shape index (κ2) is 4.99. The summed E-state index contributed by atoms with van der Waals surface area (Å²) in [6.07, 6.45) is 3.63. The lowest BCUT2D eigenvalue weighted by molar-refractivity contribution is -0.139. The van der Waals surface area contributed by atoms with Crippen LogP contribution in [0.25, 0.3) is 11.2 Å². The number of nitrogens with one attached hydrogen (secondary N) is 2. The SMILES string of the molecule is CC[C@H](C)[C@@H](Nc1ncnc2nc[nH]c12)C(=O)O. The van der Waals surface area contributed by atoms with Gasteiger partial charge in [0, 0.05) is 0 Å². The Morgan fingerprint density at radius 2 is 2.28 bits per heavy atom. The summed E-state index contributed by atoms with van der Waals surface area (Å²) in [7, 11) is 0. The lowest BCUT2D eigenvalue weighted by Gasteiger charge is -2.20. The van der Waals surface area contributed by atoms with Crippen LogP contribution >= 0.6 is 0 Å². The molecule has 2 heterocycles. The van der Waals surface area contributed by atoms with Crippen LogP contribution in [-0.2, 0) is 4.79 Å². The van der Waals surface area contributed by atoms with Crippen LogP contribution in [0, 0.1) is 5.92 Å². The Hall–Kier alpha value is -2.18. The number of imidazole rings is 1. The number of hydrogen-bond acceptors (Lipinski definition) is 5. The first-order chi connectivity index (χ1) is 8.63. The maximum absolute atomic E-state index is 11.2. The van der Waals surface area contributed by atoms with E-state index in [0.29, 0.717) is 17.0 Å². The zero-order chi connectivity index (χ0) is 13.1. The van der Waals surface area contributed by atoms with Crippen molar-refractivity contribution in [3.05, 3.63) is 12.7 Å². The number of rotatable bonds is 5. The molecule has 0 fully saturated rings. The summed E-state index contributed by atoms with van der Waals surface area (Å²) in [5.74, 6) is -0.434. The smallest absolute Gasteiger partial charge is 0.326 e. The molecule has 0 aromatic carbocycles. The van der Waals surface area contributed by atoms with Crippen molar-refractivity contribution in [1.29, 1.82) is 0 Å². The molecule has 7 nitrogen and oxygen atoms in total. The van der Waals surface area contributed by atoms with Crippen molar-refractivity contribution in [2.75, 3.05) is 5.32 Å². The van der Waals surface area contributed by atoms with E-state index in [1.165, 1.54) is 12.7 Å². The quantitative estimate of drug-likeness (QED) is 0.737. The van der Waals surface area contributed by atoms with E-state index in [1.54, 1.807) is 0 Å². The Bertz CT molecular complexity index is 553. The number of hydrogen-bond donors (Lipinski definition) is 3. The van der Waals surface area contributed by atoms with Gasteiger partial charge in [-0.2, -0.15) is 0 Å². The molecule has 0 saturated carbocycles. The standard InChI is InChI=1S/C11H15N5O2/c1-3-6(2)7(11(17)18)16-10-8-9(13-4-12-8)14-5-15-10/h4-7H,3H2,1-2H3,(H,17,18)(H2,12,13,14,15,16)/t6-,7+/m0/s1. The van der Waals surface area contributed by atoms with E-state index in [-0.39, 0.29) is 5.92 Å². The second-order valence-corrected chi connectivity index (χ2v) is 4.17. The van der Waals surface area contributed by atoms with Crippen molar-refractivity contribution in [3.8, 4) is 0 Å². The van der Waals surface area contributed by atoms with Crippen LogP contribution in [-0.4, -0.2) is 37.1 Å². The zero-order valence-electron chi connectivity index (χ0n) is 10.2. The molecular formula is C11H15N5O2. The first kappa shape index (κ1) is 12.3. The van der Waals surface area contributed by atoms with E-state index >= 15 is 0 Å². The average Bonchev–Trinajstić information content (AvgIpc) is 2.83. The van der Waals surface area contributed by atoms with Crippen molar-refractivity contribution in [1.82, 2.24) is 19.9 Å². The molecule has 2 aromatic heterocycles. The Kier molecular flexibility index (Phi) is 3.40. The highest BCUT2D eigenvalue weighted by molar-refractivity contribution is 5.85. The number of carboxylic acids is 1. The van der Waals surface area contributed by atoms with Crippen LogP contribution in [0.4, 0.5) is 5.82 Å². The summed E-state index contributed by atoms with van der Waals surface area (Å²) >= 11 is 0. The predicted octanol–water partition coefficient (Wildman–Crippen LogP) is 1.26. The van der Waals surface area contributed by atoms with Crippen molar-refractivity contribution in [3.63, 3.8) is 0 Å². The third kappa shape index (κ3) is 2.24. The lowest BCUT2D eigenvalue weighted by atomic mass is 9.99. The number of fused-ring (bicyclic) bond motifs is 1. The van der Waals surface area contributed by atoms with Gasteiger partial charge in [0.2, 0.25) is 0 Å². The number of carboxylic acid groups (broad SMARTS) is 1. The van der Waals surface area contributed by atoms with Crippen LogP contribution < -0.4 is 5.32 Å². The van der Waals surface area contributed by atoms with E-state index in [9.17, 15) is 9.90 Å². The van der Waals surface area contributed by atoms with Gasteiger partial charge in [-0.15, -0.1) is 0 Å². The molecule has 0 aliphatic carbocycles. The number of anilines is 1. The molecule has 0 bridgehead atoms. The molecule has 0 unspecified atom stereocenters. The van der Waals surface area contributed by atoms with E-state index in [0.717, 1.165) is 6.42 Å². The molecule has 0 amide bonds. The molecule has 0 aliphatic heterocycles. The third-order valence-corrected chi connectivity index (χ3v) is 2.99. The fourth-order valence-electron chi connectivity index (χ4n) is 1.70. The maximum atomic E-state index is 11.2. The summed E-state index contributed by atoms with van der Waals surface area (Å²) in [6.45, 7) is 3.84. The third-order valence-electron chi connectivity index (χ3n) is 2.99. The van der Waals surface area contributed by atoms with Crippen molar-refractivity contribution in [2.24, 2.45) is 5.92 Å². The van der Waals surface area contributed by atoms with Gasteiger partial charge in [0.25, 0.3) is 0 Å². The predicted molar refractivity (Wildman–Crippen MR) is 66.2 cm³/mol. The first-order valence-corrected chi connectivity index (χ1v) is 5.77. The molecule has 0 aliphatic rings. The van der Waals surface area contributed by atoms with Crippen molar-refractivity contribution >= 4 is 23.0 Å². The Morgan fingerprint density at radius 3 is 2.94 bits per heavy atom. The molecule has 0 saturated heterocycles. The first-order valence-electron chi connectivity index (χ1n) is 5.77. The summed E-state index contributed by atoms with van der Waals surface area (Å²) in [4.78, 5) is 26.2. The van der Waals surface area contributed by atoms with Crippen LogP contribution in [0.15, 0.2) is 12.7 Å². The number of carbonyl (C=O) groups is 1. The fraction of sp³-hybridized carbons (Fsp3) is 0.455. The zero-order valence-corrected chi connectivity index (χ0v) is 10.2. The largest absolute Gasteiger partial charge is 0.480 e. The molecule has 2 atom stereocenters. The fourth-order valence-corrected chi connectivity index (χ4v) is 1.70. The summed E-state index contributed by atoms with van der Waals surface area (Å²) in [5, 5.41) is 12.2. The summed E-state index contributed by atoms with van der Waals surface area (Å²) in [6, 6.07) is -0.684. The van der Waals surface area contributed by atoms with E-state index in [1.807, 2.05) is 13.8 Å². The Morgan fingerprint density at radius 1 is 1.50 bits per heavy atom. The normalized spacial score (nSPS) is 14.3. The maximum Gasteiger partial charge on any atom is 0.326 e. The number of aromatic nitrogens is 4. The summed E-state index contributed by atoms with van der Waals surface area (Å²) in [5.41, 5.74) is 1.13. The lowest BCUT2D eigenvalue weighted by Crippen LogP contribution is -2.35. The van der Waals surface area contributed by atoms with Crippen LogP contribution in [0.5, 0.6) is 0 Å². The molecular weight excluding hydrogens is 234 g/mol. The van der Waals surface area contributed by atoms with Gasteiger partial charge in [0.1, 0.15) is 17.9 Å². The molecule has 0 radical (unpaired) electrons.